The van der Waals surface area contributed by atoms with Crippen molar-refractivity contribution in [3.63, 3.8) is 0 Å². The largest absolute Gasteiger partial charge is 0.387 e. The van der Waals surface area contributed by atoms with E-state index in [4.69, 9.17) is 11.6 Å². The summed E-state index contributed by atoms with van der Waals surface area (Å²) < 4.78 is 0. The smallest absolute Gasteiger partial charge is 0.231 e. The first-order valence-corrected chi connectivity index (χ1v) is 13.7. The quantitative estimate of drug-likeness (QED) is 0.534. The van der Waals surface area contributed by atoms with Gasteiger partial charge in [-0.25, -0.2) is 9.97 Å². The lowest BCUT2D eigenvalue weighted by Gasteiger charge is -2.39. The number of hydrogen-bond donors (Lipinski definition) is 1. The van der Waals surface area contributed by atoms with E-state index in [0.717, 1.165) is 35.7 Å². The Balaban J connectivity index is 1.50. The number of amides is 1. The van der Waals surface area contributed by atoms with Crippen molar-refractivity contribution in [2.45, 2.75) is 51.2 Å². The zero-order chi connectivity index (χ0) is 26.7. The summed E-state index contributed by atoms with van der Waals surface area (Å²) >= 11 is 6.18. The van der Waals surface area contributed by atoms with Crippen LogP contribution < -0.4 is 4.90 Å². The summed E-state index contributed by atoms with van der Waals surface area (Å²) in [7, 11) is 4.16. The molecule has 8 nitrogen and oxygen atoms in total. The molecule has 2 aliphatic rings. The lowest BCUT2D eigenvalue weighted by molar-refractivity contribution is -0.133. The van der Waals surface area contributed by atoms with Crippen molar-refractivity contribution in [1.82, 2.24) is 24.7 Å². The van der Waals surface area contributed by atoms with Crippen molar-refractivity contribution in [2.75, 3.05) is 64.8 Å². The molecule has 0 spiro atoms. The van der Waals surface area contributed by atoms with Crippen molar-refractivity contribution in [3.8, 4) is 0 Å². The summed E-state index contributed by atoms with van der Waals surface area (Å²) in [5.41, 5.74) is 2.82. The molecule has 1 aromatic heterocycles. The number of aliphatic hydroxyl groups excluding tert-OH is 1. The Morgan fingerprint density at radius 3 is 2.41 bits per heavy atom. The summed E-state index contributed by atoms with van der Waals surface area (Å²) in [6.07, 6.45) is 1.71. The van der Waals surface area contributed by atoms with E-state index in [1.165, 1.54) is 0 Å². The molecule has 0 saturated carbocycles. The molecule has 3 atom stereocenters. The van der Waals surface area contributed by atoms with Crippen LogP contribution in [0.4, 0.5) is 5.82 Å². The molecule has 1 N–H and O–H groups in total. The summed E-state index contributed by atoms with van der Waals surface area (Å²) in [6.45, 7) is 11.7. The Kier molecular flexibility index (Phi) is 9.06. The zero-order valence-corrected chi connectivity index (χ0v) is 23.5. The highest BCUT2D eigenvalue weighted by Crippen LogP contribution is 2.42. The number of aliphatic hydroxyl groups is 1. The minimum Gasteiger partial charge on any atom is -0.387 e. The summed E-state index contributed by atoms with van der Waals surface area (Å²) in [4.78, 5) is 31.7. The maximum absolute atomic E-state index is 14.0. The molecule has 37 heavy (non-hydrogen) atoms. The van der Waals surface area contributed by atoms with Gasteiger partial charge in [-0.3, -0.25) is 9.69 Å². The van der Waals surface area contributed by atoms with E-state index in [-0.39, 0.29) is 17.7 Å². The van der Waals surface area contributed by atoms with Gasteiger partial charge in [-0.05, 0) is 58.0 Å². The molecule has 202 valence electrons. The zero-order valence-electron chi connectivity index (χ0n) is 22.8. The van der Waals surface area contributed by atoms with Crippen LogP contribution in [0.15, 0.2) is 30.6 Å². The van der Waals surface area contributed by atoms with Gasteiger partial charge < -0.3 is 19.8 Å². The van der Waals surface area contributed by atoms with Crippen molar-refractivity contribution < 1.29 is 9.90 Å². The second-order valence-electron chi connectivity index (χ2n) is 11.0. The van der Waals surface area contributed by atoms with Crippen LogP contribution >= 0.6 is 11.6 Å². The molecule has 9 heteroatoms. The molecule has 1 amide bonds. The number of carbonyl (C=O) groups is 1. The van der Waals surface area contributed by atoms with Gasteiger partial charge in [0.15, 0.2) is 0 Å². The molecule has 0 bridgehead atoms. The predicted molar refractivity (Wildman–Crippen MR) is 148 cm³/mol. The van der Waals surface area contributed by atoms with E-state index < -0.39 is 6.10 Å². The van der Waals surface area contributed by atoms with Crippen LogP contribution in [0, 0.1) is 0 Å². The number of nitrogens with zero attached hydrogens (tertiary/aromatic N) is 6. The van der Waals surface area contributed by atoms with Gasteiger partial charge in [-0.1, -0.05) is 30.7 Å². The number of benzene rings is 1. The van der Waals surface area contributed by atoms with Crippen molar-refractivity contribution in [3.05, 3.63) is 52.4 Å². The number of likely N-dealkylation sites (N-methyl/N-ethyl adjacent to an activating group) is 1. The lowest BCUT2D eigenvalue weighted by atomic mass is 9.95. The molecule has 1 fully saturated rings. The maximum atomic E-state index is 14.0. The number of fused-ring (bicyclic) bond motifs is 1. The lowest BCUT2D eigenvalue weighted by Crippen LogP contribution is -2.52. The molecule has 2 aromatic rings. The third kappa shape index (κ3) is 6.42. The number of halogens is 1. The molecule has 1 aliphatic carbocycles. The van der Waals surface area contributed by atoms with Crippen LogP contribution in [-0.2, 0) is 4.79 Å². The Hall–Kier alpha value is -2.26. The second-order valence-corrected chi connectivity index (χ2v) is 11.4. The molecule has 2 heterocycles. The Bertz CT molecular complexity index is 1060. The van der Waals surface area contributed by atoms with E-state index in [9.17, 15) is 9.90 Å². The second kappa shape index (κ2) is 12.1. The Labute approximate surface area is 226 Å². The molecule has 0 unspecified atom stereocenters. The van der Waals surface area contributed by atoms with Crippen molar-refractivity contribution in [1.29, 1.82) is 0 Å². The summed E-state index contributed by atoms with van der Waals surface area (Å²) in [5, 5.41) is 11.1. The van der Waals surface area contributed by atoms with Crippen LogP contribution in [0.3, 0.4) is 0 Å². The van der Waals surface area contributed by atoms with E-state index >= 15 is 0 Å². The third-order valence-electron chi connectivity index (χ3n) is 7.72. The average Bonchev–Trinajstić information content (AvgIpc) is 3.17. The maximum Gasteiger partial charge on any atom is 0.231 e. The summed E-state index contributed by atoms with van der Waals surface area (Å²) in [6, 6.07) is 8.06. The van der Waals surface area contributed by atoms with E-state index in [0.29, 0.717) is 50.2 Å². The number of aromatic nitrogens is 2. The topological polar surface area (TPSA) is 76.0 Å². The van der Waals surface area contributed by atoms with Crippen LogP contribution in [0.25, 0.3) is 0 Å². The highest BCUT2D eigenvalue weighted by atomic mass is 35.5. The fourth-order valence-corrected chi connectivity index (χ4v) is 5.58. The number of piperazine rings is 1. The molecule has 1 aliphatic heterocycles. The molecule has 1 saturated heterocycles. The average molecular weight is 529 g/mol. The third-order valence-corrected chi connectivity index (χ3v) is 7.97. The molecule has 4 rings (SSSR count). The molecular formula is C28H41ClN6O2. The summed E-state index contributed by atoms with van der Waals surface area (Å²) in [5.74, 6) is 1.03. The van der Waals surface area contributed by atoms with Crippen LogP contribution in [-0.4, -0.2) is 102 Å². The van der Waals surface area contributed by atoms with Crippen molar-refractivity contribution in [2.24, 2.45) is 0 Å². The standard InChI is InChI=1S/C28H41ClN6O2/c1-19(2)35(11-10-32(4)5)17-23(21-6-8-22(29)9-7-21)28(37)34-14-12-33(13-15-34)27-25-20(3)16-24(36)26(25)30-18-31-27/h6-9,18-20,23-24,36H,10-17H2,1-5H3/t20-,23-,24-/m1/s1. The highest BCUT2D eigenvalue weighted by Gasteiger charge is 2.35. The fourth-order valence-electron chi connectivity index (χ4n) is 5.46. The van der Waals surface area contributed by atoms with E-state index in [1.807, 2.05) is 29.2 Å². The van der Waals surface area contributed by atoms with Crippen LogP contribution in [0.2, 0.25) is 5.02 Å². The normalized spacial score (nSPS) is 20.7. The van der Waals surface area contributed by atoms with Crippen molar-refractivity contribution >= 4 is 23.3 Å². The van der Waals surface area contributed by atoms with E-state index in [1.54, 1.807) is 6.33 Å². The van der Waals surface area contributed by atoms with Gasteiger partial charge >= 0.3 is 0 Å². The number of carbonyl (C=O) groups excluding carboxylic acids is 1. The van der Waals surface area contributed by atoms with Gasteiger partial charge in [0.05, 0.1) is 17.7 Å². The predicted octanol–water partition coefficient (Wildman–Crippen LogP) is 3.38. The fraction of sp³-hybridized carbons (Fsp3) is 0.607. The molecule has 0 radical (unpaired) electrons. The first-order valence-electron chi connectivity index (χ1n) is 13.4. The van der Waals surface area contributed by atoms with Gasteiger partial charge in [0.1, 0.15) is 12.1 Å². The highest BCUT2D eigenvalue weighted by molar-refractivity contribution is 6.30. The minimum absolute atomic E-state index is 0.161. The SMILES string of the molecule is CC(C)N(CCN(C)C)C[C@@H](C(=O)N1CCN(c2ncnc3c2[C@H](C)C[C@H]3O)CC1)c1ccc(Cl)cc1. The van der Waals surface area contributed by atoms with Crippen LogP contribution in [0.1, 0.15) is 62.0 Å². The van der Waals surface area contributed by atoms with Gasteiger partial charge in [0.25, 0.3) is 0 Å². The number of anilines is 1. The Morgan fingerprint density at radius 2 is 1.78 bits per heavy atom. The number of rotatable bonds is 9. The monoisotopic (exact) mass is 528 g/mol. The molecule has 1 aromatic carbocycles. The van der Waals surface area contributed by atoms with Gasteiger partial charge in [0, 0.05) is 62.4 Å². The van der Waals surface area contributed by atoms with Crippen LogP contribution in [0.5, 0.6) is 0 Å². The van der Waals surface area contributed by atoms with Gasteiger partial charge in [0.2, 0.25) is 5.91 Å². The first-order chi connectivity index (χ1) is 17.7. The first kappa shape index (κ1) is 27.8. The number of hydrogen-bond acceptors (Lipinski definition) is 7. The minimum atomic E-state index is -0.522. The van der Waals surface area contributed by atoms with E-state index in [2.05, 4.69) is 59.5 Å². The molecular weight excluding hydrogens is 488 g/mol. The van der Waals surface area contributed by atoms with Gasteiger partial charge in [-0.15, -0.1) is 0 Å². The van der Waals surface area contributed by atoms with Gasteiger partial charge in [-0.2, -0.15) is 0 Å². The Morgan fingerprint density at radius 1 is 1.11 bits per heavy atom.